The van der Waals surface area contributed by atoms with Crippen LogP contribution in [0.25, 0.3) is 0 Å². The van der Waals surface area contributed by atoms with Crippen LogP contribution in [0.5, 0.6) is 0 Å². The van der Waals surface area contributed by atoms with Gasteiger partial charge in [0, 0.05) is 0 Å². The molecule has 0 aromatic carbocycles. The third-order valence-electron chi connectivity index (χ3n) is 0. The summed E-state index contributed by atoms with van der Waals surface area (Å²) in [5.74, 6) is 0. The molecule has 0 saturated carbocycles. The molecule has 0 heterocycles. The third-order valence-corrected chi connectivity index (χ3v) is 0. The molecule has 0 unspecified atom stereocenters. The van der Waals surface area contributed by atoms with E-state index in [0.717, 1.165) is 0 Å². The van der Waals surface area contributed by atoms with E-state index in [2.05, 4.69) is 59.2 Å². The molecule has 3 heteroatoms. The number of hydrogen-bond donors (Lipinski definition) is 0. The van der Waals surface area contributed by atoms with Crippen LogP contribution in [-0.4, -0.2) is 6.16 Å². The maximum atomic E-state index is 8.33. The Bertz CT molecular complexity index is 236. The first-order valence-electron chi connectivity index (χ1n) is 9.48. The number of carboxylic acid groups (broad SMARTS) is 2. The lowest BCUT2D eigenvalue weighted by Gasteiger charge is -1.96. The third kappa shape index (κ3) is 1780. The van der Waals surface area contributed by atoms with Crippen molar-refractivity contribution in [2.24, 2.45) is 0 Å². The number of carbonyl (C=O) groups excluding carboxylic acids is 1. The van der Waals surface area contributed by atoms with Gasteiger partial charge in [0.15, 0.2) is 0 Å². The predicted molar refractivity (Wildman–Crippen MR) is 148 cm³/mol. The molecule has 0 amide bonds. The lowest BCUT2D eigenvalue weighted by Crippen LogP contribution is -2.37. The van der Waals surface area contributed by atoms with E-state index in [-0.39, 0.29) is 0 Å². The summed E-state index contributed by atoms with van der Waals surface area (Å²) < 4.78 is 0. The summed E-state index contributed by atoms with van der Waals surface area (Å²) in [4.78, 5) is 8.33. The topological polar surface area (TPSA) is 63.2 Å². The van der Waals surface area contributed by atoms with Crippen LogP contribution in [0, 0.1) is 0 Å². The minimum atomic E-state index is -2.33. The van der Waals surface area contributed by atoms with Crippen molar-refractivity contribution < 1.29 is 15.0 Å². The standard InChI is InChI=1S/9C3H6.CH2O3/c9*1-3-2;2-1(3)4/h9*3H,1H2,2H3;(H2,2,3,4)/p-2. The van der Waals surface area contributed by atoms with E-state index < -0.39 is 6.16 Å². The van der Waals surface area contributed by atoms with Crippen molar-refractivity contribution in [2.75, 3.05) is 0 Å². The Kier molecular flexibility index (Phi) is 461. The Morgan fingerprint density at radius 1 is 0.387 bits per heavy atom. The van der Waals surface area contributed by atoms with Crippen molar-refractivity contribution in [3.05, 3.63) is 114 Å². The van der Waals surface area contributed by atoms with Crippen molar-refractivity contribution >= 4 is 6.16 Å². The normalized spacial score (nSPS) is 4.55. The molecule has 0 atom stereocenters. The summed E-state index contributed by atoms with van der Waals surface area (Å²) in [5, 5.41) is 16.7. The van der Waals surface area contributed by atoms with E-state index in [1.165, 1.54) is 0 Å². The molecule has 3 nitrogen and oxygen atoms in total. The van der Waals surface area contributed by atoms with Crippen LogP contribution in [0.3, 0.4) is 0 Å². The van der Waals surface area contributed by atoms with Crippen molar-refractivity contribution in [1.82, 2.24) is 0 Å². The molecule has 0 fully saturated rings. The molecule has 31 heavy (non-hydrogen) atoms. The van der Waals surface area contributed by atoms with Gasteiger partial charge >= 0.3 is 0 Å². The van der Waals surface area contributed by atoms with Crippen molar-refractivity contribution in [3.63, 3.8) is 0 Å². The molecular weight excluding hydrogens is 384 g/mol. The van der Waals surface area contributed by atoms with Crippen LogP contribution in [0.2, 0.25) is 0 Å². The van der Waals surface area contributed by atoms with E-state index in [1.54, 1.807) is 54.7 Å². The first-order chi connectivity index (χ1) is 14.5. The zero-order valence-corrected chi connectivity index (χ0v) is 22.3. The molecule has 0 bridgehead atoms. The highest BCUT2D eigenvalue weighted by Crippen LogP contribution is 1.40. The molecular formula is C28H54O3-2. The lowest BCUT2D eigenvalue weighted by molar-refractivity contribution is -0.415. The fourth-order valence-electron chi connectivity index (χ4n) is 0. The van der Waals surface area contributed by atoms with Gasteiger partial charge < -0.3 is 15.0 Å². The maximum Gasteiger partial charge on any atom is -0.0431 e. The molecule has 0 aromatic rings. The van der Waals surface area contributed by atoms with Crippen LogP contribution >= 0.6 is 0 Å². The highest BCUT2D eigenvalue weighted by molar-refractivity contribution is 5.47. The average molecular weight is 439 g/mol. The molecule has 0 saturated heterocycles. The monoisotopic (exact) mass is 438 g/mol. The Labute approximate surface area is 197 Å². The number of allylic oxidation sites excluding steroid dienone is 9. The number of hydrogen-bond acceptors (Lipinski definition) is 3. The second-order valence-electron chi connectivity index (χ2n) is 3.92. The molecule has 0 aliphatic carbocycles. The first kappa shape index (κ1) is 63.0. The minimum absolute atomic E-state index is 1.75. The Hall–Kier alpha value is -3.07. The van der Waals surface area contributed by atoms with Crippen molar-refractivity contribution in [2.45, 2.75) is 62.3 Å². The first-order valence-corrected chi connectivity index (χ1v) is 9.48. The fourth-order valence-corrected chi connectivity index (χ4v) is 0. The fraction of sp³-hybridized carbons (Fsp3) is 0.321. The van der Waals surface area contributed by atoms with Gasteiger partial charge in [0.1, 0.15) is 0 Å². The molecule has 0 rings (SSSR count). The van der Waals surface area contributed by atoms with Crippen LogP contribution in [0.4, 0.5) is 4.79 Å². The Morgan fingerprint density at radius 2 is 0.387 bits per heavy atom. The largest absolute Gasteiger partial charge is 0.652 e. The molecule has 0 aromatic heterocycles. The zero-order chi connectivity index (χ0) is 27.9. The van der Waals surface area contributed by atoms with Gasteiger partial charge in [-0.3, -0.25) is 0 Å². The predicted octanol–water partition coefficient (Wildman–Crippen LogP) is 8.28. The van der Waals surface area contributed by atoms with Crippen LogP contribution in [0.15, 0.2) is 114 Å². The van der Waals surface area contributed by atoms with Crippen LogP contribution in [0.1, 0.15) is 62.3 Å². The SMILES string of the molecule is C=CC.C=CC.C=CC.C=CC.C=CC.C=CC.C=CC.C=CC.C=CC.O=C([O-])[O-]. The molecule has 0 aliphatic heterocycles. The zero-order valence-electron chi connectivity index (χ0n) is 22.3. The highest BCUT2D eigenvalue weighted by atomic mass is 16.6. The summed E-state index contributed by atoms with van der Waals surface area (Å²) in [5.41, 5.74) is 0. The molecule has 0 N–H and O–H groups in total. The quantitative estimate of drug-likeness (QED) is 0.357. The smallest absolute Gasteiger partial charge is 0.0431 e. The summed E-state index contributed by atoms with van der Waals surface area (Å²) >= 11 is 0. The van der Waals surface area contributed by atoms with E-state index in [4.69, 9.17) is 15.0 Å². The highest BCUT2D eigenvalue weighted by Gasteiger charge is 1.26. The van der Waals surface area contributed by atoms with Gasteiger partial charge in [-0.1, -0.05) is 54.7 Å². The molecule has 186 valence electrons. The Morgan fingerprint density at radius 3 is 0.387 bits per heavy atom. The molecule has 0 spiro atoms. The number of carbonyl (C=O) groups is 1. The summed E-state index contributed by atoms with van der Waals surface area (Å²) in [7, 11) is 0. The minimum Gasteiger partial charge on any atom is -0.652 e. The van der Waals surface area contributed by atoms with Gasteiger partial charge in [0.2, 0.25) is 0 Å². The molecule has 0 radical (unpaired) electrons. The average Bonchev–Trinajstić information content (AvgIpc) is 2.60. The van der Waals surface area contributed by atoms with E-state index in [1.807, 2.05) is 62.3 Å². The van der Waals surface area contributed by atoms with Gasteiger partial charge in [-0.05, 0) is 68.5 Å². The number of rotatable bonds is 0. The second kappa shape index (κ2) is 227. The van der Waals surface area contributed by atoms with Gasteiger partial charge in [0.25, 0.3) is 0 Å². The van der Waals surface area contributed by atoms with E-state index in [9.17, 15) is 0 Å². The lowest BCUT2D eigenvalue weighted by atomic mass is 10.8. The summed E-state index contributed by atoms with van der Waals surface area (Å²) in [6.07, 6.45) is 13.4. The van der Waals surface area contributed by atoms with E-state index in [0.29, 0.717) is 0 Å². The summed E-state index contributed by atoms with van der Waals surface area (Å²) in [6.45, 7) is 47.2. The maximum absolute atomic E-state index is 8.33. The summed E-state index contributed by atoms with van der Waals surface area (Å²) in [6, 6.07) is 0. The van der Waals surface area contributed by atoms with Crippen LogP contribution in [-0.2, 0) is 0 Å². The van der Waals surface area contributed by atoms with Gasteiger partial charge in [-0.25, -0.2) is 0 Å². The van der Waals surface area contributed by atoms with Crippen LogP contribution < -0.4 is 10.2 Å². The van der Waals surface area contributed by atoms with Crippen molar-refractivity contribution in [3.8, 4) is 0 Å². The molecule has 0 aliphatic rings. The van der Waals surface area contributed by atoms with Gasteiger partial charge in [-0.15, -0.1) is 59.2 Å². The second-order valence-corrected chi connectivity index (χ2v) is 3.92. The van der Waals surface area contributed by atoms with Gasteiger partial charge in [-0.2, -0.15) is 0 Å². The Balaban J connectivity index is -0.0000000198. The van der Waals surface area contributed by atoms with Gasteiger partial charge in [0.05, 0.1) is 0 Å². The van der Waals surface area contributed by atoms with Crippen molar-refractivity contribution in [1.29, 1.82) is 0 Å². The van der Waals surface area contributed by atoms with E-state index >= 15 is 0 Å².